The highest BCUT2D eigenvalue weighted by Crippen LogP contribution is 2.29. The van der Waals surface area contributed by atoms with Gasteiger partial charge in [0.05, 0.1) is 23.9 Å². The molecule has 0 aliphatic carbocycles. The SMILES string of the molecule is COc1ccccc1N1CCN(CCn2c(=O)c3scc4c3n(c2=O)CCC4=O)CC1. The Bertz CT molecular complexity index is 1270. The van der Waals surface area contributed by atoms with E-state index in [0.717, 1.165) is 37.6 Å². The molecule has 1 aromatic carbocycles. The first-order chi connectivity index (χ1) is 15.1. The Balaban J connectivity index is 1.31. The summed E-state index contributed by atoms with van der Waals surface area (Å²) in [4.78, 5) is 42.6. The smallest absolute Gasteiger partial charge is 0.331 e. The maximum absolute atomic E-state index is 13.0. The number of hydrogen-bond acceptors (Lipinski definition) is 7. The first kappa shape index (κ1) is 20.0. The van der Waals surface area contributed by atoms with Gasteiger partial charge in [-0.3, -0.25) is 23.6 Å². The Morgan fingerprint density at radius 1 is 1.00 bits per heavy atom. The number of methoxy groups -OCH3 is 1. The second-order valence-electron chi connectivity index (χ2n) is 7.89. The molecular weight excluding hydrogens is 416 g/mol. The van der Waals surface area contributed by atoms with Crippen LogP contribution >= 0.6 is 11.3 Å². The van der Waals surface area contributed by atoms with Crippen molar-refractivity contribution >= 4 is 33.0 Å². The van der Waals surface area contributed by atoms with E-state index in [1.807, 2.05) is 18.2 Å². The van der Waals surface area contributed by atoms with Crippen LogP contribution in [0.5, 0.6) is 5.75 Å². The zero-order valence-corrected chi connectivity index (χ0v) is 18.2. The van der Waals surface area contributed by atoms with Crippen LogP contribution in [0.15, 0.2) is 39.2 Å². The van der Waals surface area contributed by atoms with Crippen molar-refractivity contribution in [2.75, 3.05) is 44.7 Å². The maximum Gasteiger partial charge on any atom is 0.331 e. The number of nitrogens with zero attached hydrogens (tertiary/aromatic N) is 4. The summed E-state index contributed by atoms with van der Waals surface area (Å²) in [7, 11) is 1.68. The third kappa shape index (κ3) is 3.37. The fourth-order valence-electron chi connectivity index (χ4n) is 4.52. The molecule has 0 radical (unpaired) electrons. The Kier molecular flexibility index (Phi) is 5.15. The minimum Gasteiger partial charge on any atom is -0.495 e. The van der Waals surface area contributed by atoms with Gasteiger partial charge in [0.1, 0.15) is 10.4 Å². The van der Waals surface area contributed by atoms with Crippen molar-refractivity contribution in [3.63, 3.8) is 0 Å². The van der Waals surface area contributed by atoms with E-state index in [2.05, 4.69) is 15.9 Å². The van der Waals surface area contributed by atoms with E-state index in [4.69, 9.17) is 4.74 Å². The second kappa shape index (κ2) is 7.97. The second-order valence-corrected chi connectivity index (χ2v) is 8.77. The lowest BCUT2D eigenvalue weighted by molar-refractivity contribution is 0.0972. The van der Waals surface area contributed by atoms with Crippen molar-refractivity contribution in [2.24, 2.45) is 0 Å². The van der Waals surface area contributed by atoms with E-state index >= 15 is 0 Å². The van der Waals surface area contributed by atoms with Gasteiger partial charge in [-0.2, -0.15) is 0 Å². The van der Waals surface area contributed by atoms with Crippen molar-refractivity contribution < 1.29 is 9.53 Å². The number of aryl methyl sites for hydroxylation is 1. The normalized spacial score (nSPS) is 16.8. The average molecular weight is 441 g/mol. The summed E-state index contributed by atoms with van der Waals surface area (Å²) in [5, 5.41) is 1.71. The summed E-state index contributed by atoms with van der Waals surface area (Å²) in [6.45, 7) is 4.74. The number of ketones is 1. The molecule has 8 nitrogen and oxygen atoms in total. The fourth-order valence-corrected chi connectivity index (χ4v) is 5.54. The van der Waals surface area contributed by atoms with E-state index in [0.29, 0.717) is 41.8 Å². The summed E-state index contributed by atoms with van der Waals surface area (Å²) in [6, 6.07) is 8.01. The predicted octanol–water partition coefficient (Wildman–Crippen LogP) is 1.64. The van der Waals surface area contributed by atoms with Crippen LogP contribution in [0.1, 0.15) is 16.8 Å². The number of thiophene rings is 1. The van der Waals surface area contributed by atoms with Gasteiger partial charge in [-0.25, -0.2) is 4.79 Å². The predicted molar refractivity (Wildman–Crippen MR) is 121 cm³/mol. The number of anilines is 1. The molecule has 1 fully saturated rings. The fraction of sp³-hybridized carbons (Fsp3) is 0.409. The number of aromatic nitrogens is 2. The first-order valence-corrected chi connectivity index (χ1v) is 11.3. The highest BCUT2D eigenvalue weighted by Gasteiger charge is 2.26. The third-order valence-electron chi connectivity index (χ3n) is 6.24. The molecule has 162 valence electrons. The maximum atomic E-state index is 13.0. The van der Waals surface area contributed by atoms with Gasteiger partial charge >= 0.3 is 5.69 Å². The van der Waals surface area contributed by atoms with Crippen LogP contribution in [0, 0.1) is 0 Å². The molecule has 0 spiro atoms. The lowest BCUT2D eigenvalue weighted by Gasteiger charge is -2.36. The van der Waals surface area contributed by atoms with Crippen molar-refractivity contribution in [1.29, 1.82) is 0 Å². The molecule has 5 rings (SSSR count). The Morgan fingerprint density at radius 2 is 1.77 bits per heavy atom. The zero-order valence-electron chi connectivity index (χ0n) is 17.4. The summed E-state index contributed by atoms with van der Waals surface area (Å²) in [5.41, 5.74) is 1.54. The van der Waals surface area contributed by atoms with Gasteiger partial charge in [-0.05, 0) is 12.1 Å². The van der Waals surface area contributed by atoms with Crippen LogP contribution < -0.4 is 20.9 Å². The van der Waals surface area contributed by atoms with E-state index in [-0.39, 0.29) is 17.0 Å². The van der Waals surface area contributed by atoms with Gasteiger partial charge in [0.15, 0.2) is 5.78 Å². The van der Waals surface area contributed by atoms with Crippen LogP contribution in [-0.2, 0) is 13.1 Å². The van der Waals surface area contributed by atoms with Crippen LogP contribution in [0.4, 0.5) is 5.69 Å². The molecule has 0 amide bonds. The van der Waals surface area contributed by atoms with Gasteiger partial charge in [-0.1, -0.05) is 12.1 Å². The monoisotopic (exact) mass is 440 g/mol. The molecule has 9 heteroatoms. The minimum atomic E-state index is -0.308. The molecule has 0 unspecified atom stereocenters. The van der Waals surface area contributed by atoms with Gasteiger partial charge < -0.3 is 9.64 Å². The summed E-state index contributed by atoms with van der Waals surface area (Å²) >= 11 is 1.26. The standard InChI is InChI=1S/C22H24N4O4S/c1-30-18-5-3-2-4-16(18)24-11-8-23(9-12-24)10-13-26-21(28)20-19-15(14-31-20)17(27)6-7-25(19)22(26)29/h2-5,14H,6-13H2,1H3. The van der Waals surface area contributed by atoms with E-state index < -0.39 is 0 Å². The Hall–Kier alpha value is -2.91. The lowest BCUT2D eigenvalue weighted by atomic mass is 10.1. The van der Waals surface area contributed by atoms with Crippen LogP contribution in [-0.4, -0.2) is 59.7 Å². The number of piperazine rings is 1. The van der Waals surface area contributed by atoms with Crippen molar-refractivity contribution in [2.45, 2.75) is 19.5 Å². The molecule has 3 aromatic rings. The highest BCUT2D eigenvalue weighted by atomic mass is 32.1. The van der Waals surface area contributed by atoms with Crippen LogP contribution in [0.2, 0.25) is 0 Å². The molecule has 31 heavy (non-hydrogen) atoms. The topological polar surface area (TPSA) is 76.8 Å². The first-order valence-electron chi connectivity index (χ1n) is 10.5. The number of benzene rings is 1. The van der Waals surface area contributed by atoms with Gasteiger partial charge in [-0.15, -0.1) is 11.3 Å². The molecule has 2 aromatic heterocycles. The largest absolute Gasteiger partial charge is 0.495 e. The average Bonchev–Trinajstić information content (AvgIpc) is 3.25. The van der Waals surface area contributed by atoms with Crippen molar-refractivity contribution in [3.8, 4) is 5.75 Å². The van der Waals surface area contributed by atoms with E-state index in [1.54, 1.807) is 17.1 Å². The highest BCUT2D eigenvalue weighted by molar-refractivity contribution is 7.17. The van der Waals surface area contributed by atoms with Gasteiger partial charge in [0, 0.05) is 57.6 Å². The quantitative estimate of drug-likeness (QED) is 0.600. The zero-order chi connectivity index (χ0) is 21.5. The number of para-hydroxylation sites is 2. The Labute approximate surface area is 182 Å². The number of Topliss-reactive ketones (excluding diaryl/α,β-unsaturated/α-hetero) is 1. The molecule has 1 saturated heterocycles. The number of ether oxygens (including phenoxy) is 1. The molecule has 0 atom stereocenters. The number of hydrogen-bond donors (Lipinski definition) is 0. The summed E-state index contributed by atoms with van der Waals surface area (Å²) in [5.74, 6) is 0.877. The Morgan fingerprint density at radius 3 is 2.55 bits per heavy atom. The van der Waals surface area contributed by atoms with Crippen molar-refractivity contribution in [3.05, 3.63) is 56.0 Å². The lowest BCUT2D eigenvalue weighted by Crippen LogP contribution is -2.49. The number of carbonyl (C=O) groups is 1. The van der Waals surface area contributed by atoms with E-state index in [1.165, 1.54) is 15.9 Å². The molecule has 0 saturated carbocycles. The minimum absolute atomic E-state index is 0.00992. The molecule has 2 aliphatic rings. The van der Waals surface area contributed by atoms with Gasteiger partial charge in [0.25, 0.3) is 5.56 Å². The number of carbonyl (C=O) groups excluding carboxylic acids is 1. The molecular formula is C22H24N4O4S. The molecule has 2 aliphatic heterocycles. The molecule has 4 heterocycles. The van der Waals surface area contributed by atoms with E-state index in [9.17, 15) is 14.4 Å². The number of rotatable bonds is 5. The summed E-state index contributed by atoms with van der Waals surface area (Å²) in [6.07, 6.45) is 0.307. The van der Waals surface area contributed by atoms with Crippen LogP contribution in [0.3, 0.4) is 0 Å². The summed E-state index contributed by atoms with van der Waals surface area (Å²) < 4.78 is 8.92. The van der Waals surface area contributed by atoms with Crippen molar-refractivity contribution in [1.82, 2.24) is 14.0 Å². The van der Waals surface area contributed by atoms with Crippen LogP contribution in [0.25, 0.3) is 10.2 Å². The molecule has 0 bridgehead atoms. The third-order valence-corrected chi connectivity index (χ3v) is 7.19. The molecule has 0 N–H and O–H groups in total. The van der Waals surface area contributed by atoms with Gasteiger partial charge in [0.2, 0.25) is 0 Å².